The van der Waals surface area contributed by atoms with Gasteiger partial charge in [0.25, 0.3) is 0 Å². The summed E-state index contributed by atoms with van der Waals surface area (Å²) >= 11 is 6.25. The molecule has 1 N–H and O–H groups in total. The molecule has 5 rings (SSSR count). The minimum Gasteiger partial charge on any atom is -0.468 e. The Morgan fingerprint density at radius 3 is 2.76 bits per heavy atom. The zero-order valence-corrected chi connectivity index (χ0v) is 21.6. The molecule has 0 radical (unpaired) electrons. The van der Waals surface area contributed by atoms with Crippen LogP contribution in [0.25, 0.3) is 32.9 Å². The fourth-order valence-electron chi connectivity index (χ4n) is 5.08. The number of rotatable bonds is 6. The van der Waals surface area contributed by atoms with Gasteiger partial charge in [-0.3, -0.25) is 4.98 Å². The van der Waals surface area contributed by atoms with Gasteiger partial charge in [0.2, 0.25) is 5.28 Å². The normalized spacial score (nSPS) is 18.1. The van der Waals surface area contributed by atoms with Gasteiger partial charge in [-0.2, -0.15) is 4.98 Å². The molecule has 3 heterocycles. The van der Waals surface area contributed by atoms with Crippen molar-refractivity contribution in [2.45, 2.75) is 38.7 Å². The molecule has 10 heteroatoms. The first kappa shape index (κ1) is 25.5. The number of halogens is 3. The van der Waals surface area contributed by atoms with Crippen LogP contribution in [0.3, 0.4) is 0 Å². The van der Waals surface area contributed by atoms with Crippen molar-refractivity contribution in [3.63, 3.8) is 0 Å². The van der Waals surface area contributed by atoms with E-state index >= 15 is 4.39 Å². The van der Waals surface area contributed by atoms with Gasteiger partial charge < -0.3 is 19.5 Å². The van der Waals surface area contributed by atoms with Crippen LogP contribution >= 0.6 is 11.6 Å². The second-order valence-corrected chi connectivity index (χ2v) is 9.86. The summed E-state index contributed by atoms with van der Waals surface area (Å²) in [7, 11) is 1.50. The molecule has 1 unspecified atom stereocenters. The molecule has 4 aromatic rings. The van der Waals surface area contributed by atoms with Crippen molar-refractivity contribution in [3.8, 4) is 17.0 Å². The number of pyridine rings is 1. The molecule has 194 valence electrons. The van der Waals surface area contributed by atoms with Gasteiger partial charge in [0, 0.05) is 32.0 Å². The first-order valence-corrected chi connectivity index (χ1v) is 12.5. The second kappa shape index (κ2) is 9.96. The summed E-state index contributed by atoms with van der Waals surface area (Å²) in [6.45, 7) is 4.54. The molecule has 0 spiro atoms. The average Bonchev–Trinajstić information content (AvgIpc) is 2.86. The van der Waals surface area contributed by atoms with E-state index in [1.807, 2.05) is 11.8 Å². The van der Waals surface area contributed by atoms with E-state index in [4.69, 9.17) is 21.1 Å². The van der Waals surface area contributed by atoms with E-state index in [1.54, 1.807) is 25.1 Å². The number of piperidine rings is 1. The van der Waals surface area contributed by atoms with Gasteiger partial charge >= 0.3 is 0 Å². The van der Waals surface area contributed by atoms with Crippen LogP contribution in [0.4, 0.5) is 14.6 Å². The van der Waals surface area contributed by atoms with Crippen molar-refractivity contribution in [2.75, 3.05) is 31.9 Å². The van der Waals surface area contributed by atoms with Crippen molar-refractivity contribution in [3.05, 3.63) is 52.9 Å². The van der Waals surface area contributed by atoms with Gasteiger partial charge in [-0.15, -0.1) is 0 Å². The fourth-order valence-corrected chi connectivity index (χ4v) is 5.24. The number of aromatic nitrogens is 3. The lowest BCUT2D eigenvalue weighted by molar-refractivity contribution is 0.0447. The summed E-state index contributed by atoms with van der Waals surface area (Å²) in [5, 5.41) is 12.1. The van der Waals surface area contributed by atoms with Crippen LogP contribution in [0.2, 0.25) is 5.28 Å². The van der Waals surface area contributed by atoms with Gasteiger partial charge in [-0.1, -0.05) is 13.0 Å². The van der Waals surface area contributed by atoms with Crippen LogP contribution in [0.1, 0.15) is 32.3 Å². The summed E-state index contributed by atoms with van der Waals surface area (Å²) in [6, 6.07) is 6.41. The average molecular weight is 529 g/mol. The number of ether oxygens (including phenoxy) is 2. The Labute approximate surface area is 218 Å². The molecule has 0 saturated carbocycles. The van der Waals surface area contributed by atoms with Crippen LogP contribution in [-0.4, -0.2) is 52.7 Å². The maximum absolute atomic E-state index is 16.2. The number of benzene rings is 2. The van der Waals surface area contributed by atoms with Crippen LogP contribution in [0.5, 0.6) is 5.75 Å². The Morgan fingerprint density at radius 1 is 1.22 bits per heavy atom. The molecule has 0 aliphatic carbocycles. The second-order valence-electron chi connectivity index (χ2n) is 9.52. The summed E-state index contributed by atoms with van der Waals surface area (Å²) < 4.78 is 41.7. The zero-order valence-electron chi connectivity index (χ0n) is 20.8. The van der Waals surface area contributed by atoms with E-state index < -0.39 is 11.4 Å². The molecule has 1 saturated heterocycles. The van der Waals surface area contributed by atoms with Gasteiger partial charge in [-0.05, 0) is 72.3 Å². The largest absolute Gasteiger partial charge is 0.468 e. The molecule has 1 aliphatic rings. The van der Waals surface area contributed by atoms with Crippen molar-refractivity contribution < 1.29 is 23.4 Å². The Kier molecular flexibility index (Phi) is 6.87. The number of anilines is 1. The first-order chi connectivity index (χ1) is 17.7. The third kappa shape index (κ3) is 4.79. The maximum Gasteiger partial charge on any atom is 0.225 e. The molecule has 0 bridgehead atoms. The van der Waals surface area contributed by atoms with E-state index in [-0.39, 0.29) is 29.1 Å². The molecule has 2 aromatic carbocycles. The molecule has 1 aliphatic heterocycles. The molecular weight excluding hydrogens is 502 g/mol. The molecule has 2 aromatic heterocycles. The van der Waals surface area contributed by atoms with Crippen LogP contribution in [-0.2, 0) is 11.2 Å². The lowest BCUT2D eigenvalue weighted by Crippen LogP contribution is -2.46. The molecule has 1 atom stereocenters. The number of aryl methyl sites for hydroxylation is 1. The van der Waals surface area contributed by atoms with Gasteiger partial charge in [0.15, 0.2) is 12.6 Å². The smallest absolute Gasteiger partial charge is 0.225 e. The number of hydrogen-bond donors (Lipinski definition) is 1. The molecule has 1 fully saturated rings. The number of fused-ring (bicyclic) bond motifs is 2. The molecule has 7 nitrogen and oxygen atoms in total. The predicted octanol–water partition coefficient (Wildman–Crippen LogP) is 5.67. The third-order valence-corrected chi connectivity index (χ3v) is 6.87. The lowest BCUT2D eigenvalue weighted by Gasteiger charge is -2.37. The van der Waals surface area contributed by atoms with Crippen molar-refractivity contribution in [1.82, 2.24) is 15.0 Å². The fraction of sp³-hybridized carbons (Fsp3) is 0.370. The Morgan fingerprint density at radius 2 is 2.03 bits per heavy atom. The zero-order chi connectivity index (χ0) is 26.3. The standard InChI is InChI=1S/C27H27ClF2N4O3/c1-4-17-20(29)7-6-15-10-16(37-14-36-3)11-18(21(15)17)23-22(30)24-19(12-31-23)25(33-26(28)32-24)34-9-5-8-27(2,35)13-34/h6-7,10-12,35H,4-5,8-9,13-14H2,1-3H3. The highest BCUT2D eigenvalue weighted by molar-refractivity contribution is 6.28. The Hall–Kier alpha value is -3.14. The highest BCUT2D eigenvalue weighted by atomic mass is 35.5. The van der Waals surface area contributed by atoms with E-state index in [0.29, 0.717) is 64.8 Å². The quantitative estimate of drug-likeness (QED) is 0.255. The topological polar surface area (TPSA) is 80.6 Å². The van der Waals surface area contributed by atoms with Crippen molar-refractivity contribution in [1.29, 1.82) is 0 Å². The molecule has 37 heavy (non-hydrogen) atoms. The Balaban J connectivity index is 1.74. The number of methoxy groups -OCH3 is 1. The highest BCUT2D eigenvalue weighted by Crippen LogP contribution is 2.39. The summed E-state index contributed by atoms with van der Waals surface area (Å²) in [5.74, 6) is -0.248. The Bertz CT molecular complexity index is 1500. The van der Waals surface area contributed by atoms with Crippen LogP contribution < -0.4 is 9.64 Å². The number of nitrogens with zero attached hydrogens (tertiary/aromatic N) is 4. The minimum absolute atomic E-state index is 0.00368. The number of β-amino-alcohol motifs (C(OH)–C–C–N with tert-alkyl or cyclic N) is 1. The third-order valence-electron chi connectivity index (χ3n) is 6.70. The minimum atomic E-state index is -0.907. The van der Waals surface area contributed by atoms with E-state index in [0.717, 1.165) is 6.42 Å². The number of hydrogen-bond acceptors (Lipinski definition) is 7. The molecular formula is C27H27ClF2N4O3. The SMILES string of the molecule is CCc1c(F)ccc2cc(OCOC)cc(-c3ncc4c(N5CCCC(C)(O)C5)nc(Cl)nc4c3F)c12. The highest BCUT2D eigenvalue weighted by Gasteiger charge is 2.31. The lowest BCUT2D eigenvalue weighted by atomic mass is 9.94. The van der Waals surface area contributed by atoms with E-state index in [1.165, 1.54) is 19.4 Å². The van der Waals surface area contributed by atoms with Gasteiger partial charge in [-0.25, -0.2) is 13.8 Å². The monoisotopic (exact) mass is 528 g/mol. The maximum atomic E-state index is 16.2. The number of aliphatic hydroxyl groups is 1. The van der Waals surface area contributed by atoms with Crippen molar-refractivity contribution >= 4 is 39.1 Å². The van der Waals surface area contributed by atoms with Crippen LogP contribution in [0, 0.1) is 11.6 Å². The van der Waals surface area contributed by atoms with E-state index in [9.17, 15) is 9.50 Å². The summed E-state index contributed by atoms with van der Waals surface area (Å²) in [5.41, 5.74) is -0.0977. The van der Waals surface area contributed by atoms with E-state index in [2.05, 4.69) is 15.0 Å². The summed E-state index contributed by atoms with van der Waals surface area (Å²) in [6.07, 6.45) is 3.30. The predicted molar refractivity (Wildman–Crippen MR) is 139 cm³/mol. The van der Waals surface area contributed by atoms with Crippen molar-refractivity contribution in [2.24, 2.45) is 0 Å². The first-order valence-electron chi connectivity index (χ1n) is 12.1. The summed E-state index contributed by atoms with van der Waals surface area (Å²) in [4.78, 5) is 14.9. The van der Waals surface area contributed by atoms with Gasteiger partial charge in [0.1, 0.15) is 28.6 Å². The molecule has 0 amide bonds. The van der Waals surface area contributed by atoms with Gasteiger partial charge in [0.05, 0.1) is 11.0 Å². The van der Waals surface area contributed by atoms with Crippen LogP contribution in [0.15, 0.2) is 30.5 Å².